The zero-order valence-corrected chi connectivity index (χ0v) is 28.7. The number of hydrogen-bond donors (Lipinski definition) is 4. The van der Waals surface area contributed by atoms with E-state index in [0.717, 1.165) is 24.0 Å². The van der Waals surface area contributed by atoms with E-state index in [1.807, 2.05) is 30.3 Å². The number of nitrogens with one attached hydrogen (secondary N) is 4. The second-order valence-corrected chi connectivity index (χ2v) is 12.8. The summed E-state index contributed by atoms with van der Waals surface area (Å²) in [5.41, 5.74) is 4.63. The lowest BCUT2D eigenvalue weighted by molar-refractivity contribution is -0.120. The quantitative estimate of drug-likeness (QED) is 0.140. The van der Waals surface area contributed by atoms with Crippen molar-refractivity contribution in [3.63, 3.8) is 0 Å². The second-order valence-electron chi connectivity index (χ2n) is 12.1. The van der Waals surface area contributed by atoms with Crippen molar-refractivity contribution in [1.82, 2.24) is 31.2 Å². The van der Waals surface area contributed by atoms with Gasteiger partial charge in [0.25, 0.3) is 0 Å². The highest BCUT2D eigenvalue weighted by atomic mass is 35.5. The molecule has 0 unspecified atom stereocenters. The number of hydrogen-bond acceptors (Lipinski definition) is 8. The third-order valence-electron chi connectivity index (χ3n) is 8.73. The van der Waals surface area contributed by atoms with Crippen molar-refractivity contribution in [2.24, 2.45) is 0 Å². The van der Waals surface area contributed by atoms with Crippen LogP contribution in [0.1, 0.15) is 36.8 Å². The van der Waals surface area contributed by atoms with Crippen molar-refractivity contribution in [3.8, 4) is 45.4 Å². The topological polar surface area (TPSA) is 126 Å². The van der Waals surface area contributed by atoms with Gasteiger partial charge in [-0.3, -0.25) is 9.59 Å². The average Bonchev–Trinajstić information content (AvgIpc) is 3.72. The molecule has 4 heterocycles. The van der Waals surface area contributed by atoms with Crippen LogP contribution in [0.3, 0.4) is 0 Å². The average molecular weight is 708 g/mol. The van der Waals surface area contributed by atoms with E-state index in [9.17, 15) is 9.59 Å². The first-order chi connectivity index (χ1) is 23.7. The van der Waals surface area contributed by atoms with E-state index in [4.69, 9.17) is 37.7 Å². The Morgan fingerprint density at radius 2 is 1.22 bits per heavy atom. The van der Waals surface area contributed by atoms with Gasteiger partial charge in [-0.1, -0.05) is 53.5 Å². The van der Waals surface area contributed by atoms with Crippen LogP contribution >= 0.6 is 23.2 Å². The molecule has 0 aliphatic carbocycles. The maximum atomic E-state index is 15.2. The first-order valence-corrected chi connectivity index (χ1v) is 16.9. The number of aromatic nitrogens is 2. The molecule has 0 spiro atoms. The molecule has 0 bridgehead atoms. The second kappa shape index (κ2) is 15.5. The molecule has 6 rings (SSSR count). The van der Waals surface area contributed by atoms with Crippen molar-refractivity contribution >= 4 is 35.0 Å². The normalized spacial score (nSPS) is 17.2. The first-order valence-electron chi connectivity index (χ1n) is 16.1. The molecule has 2 atom stereocenters. The lowest BCUT2D eigenvalue weighted by Gasteiger charge is -2.16. The number of halogens is 3. The number of carbonyl (C=O) groups is 2. The molecule has 2 saturated heterocycles. The predicted octanol–water partition coefficient (Wildman–Crippen LogP) is 5.68. The lowest BCUT2D eigenvalue weighted by Crippen LogP contribution is -2.35. The predicted molar refractivity (Wildman–Crippen MR) is 187 cm³/mol. The fourth-order valence-electron chi connectivity index (χ4n) is 6.19. The molecule has 2 aromatic heterocycles. The Hall–Kier alpha value is -4.29. The Bertz CT molecular complexity index is 1880. The Morgan fingerprint density at radius 1 is 0.735 bits per heavy atom. The molecule has 10 nitrogen and oxygen atoms in total. The van der Waals surface area contributed by atoms with E-state index < -0.39 is 5.82 Å². The molecule has 2 aliphatic rings. The highest BCUT2D eigenvalue weighted by Gasteiger charge is 2.23. The fraction of sp³-hybridized carbons (Fsp3) is 0.333. The molecule has 49 heavy (non-hydrogen) atoms. The van der Waals surface area contributed by atoms with Crippen molar-refractivity contribution < 1.29 is 23.5 Å². The van der Waals surface area contributed by atoms with Crippen LogP contribution in [-0.2, 0) is 22.7 Å². The Labute approximate surface area is 294 Å². The standard InChI is InChI=1S/C36H37Cl2FN6O4/c1-48-35-20(16-40-18-23-8-12-31(46)42-23)6-10-29(44-35)26-5-3-4-25(33(26)37)27-14-22(39)15-28(34(27)38)30-11-7-21(36(45-30)49-2)17-41-19-24-9-13-32(47)43-24/h3-7,10-11,14-15,23-24,40-41H,8-9,12-13,16-19H2,1-2H3,(H,42,46)(H,43,47)/t23-,24-/m0/s1. The van der Waals surface area contributed by atoms with Crippen molar-refractivity contribution in [2.45, 2.75) is 50.9 Å². The van der Waals surface area contributed by atoms with Crippen molar-refractivity contribution in [3.05, 3.63) is 81.6 Å². The molecule has 0 radical (unpaired) electrons. The summed E-state index contributed by atoms with van der Waals surface area (Å²) in [4.78, 5) is 32.4. The summed E-state index contributed by atoms with van der Waals surface area (Å²) in [7, 11) is 3.09. The van der Waals surface area contributed by atoms with Gasteiger partial charge >= 0.3 is 0 Å². The zero-order chi connectivity index (χ0) is 34.5. The summed E-state index contributed by atoms with van der Waals surface area (Å²) in [5.74, 6) is 0.463. The number of rotatable bonds is 13. The molecule has 2 fully saturated rings. The van der Waals surface area contributed by atoms with Crippen LogP contribution in [0.15, 0.2) is 54.6 Å². The summed E-state index contributed by atoms with van der Waals surface area (Å²) in [6.07, 6.45) is 2.70. The van der Waals surface area contributed by atoms with Gasteiger partial charge in [-0.15, -0.1) is 0 Å². The minimum absolute atomic E-state index is 0.0679. The first kappa shape index (κ1) is 34.6. The highest BCUT2D eigenvalue weighted by molar-refractivity contribution is 6.39. The van der Waals surface area contributed by atoms with Gasteiger partial charge in [0.05, 0.1) is 35.7 Å². The SMILES string of the molecule is COc1nc(-c2cccc(-c3cc(F)cc(-c4ccc(CNC[C@@H]5CCC(=O)N5)c(OC)n4)c3Cl)c2Cl)ccc1CNC[C@@H]1CCC(=O)N1. The molecule has 0 saturated carbocycles. The third kappa shape index (κ3) is 7.96. The Kier molecular flexibility index (Phi) is 10.9. The molecular formula is C36H37Cl2FN6O4. The van der Waals surface area contributed by atoms with Gasteiger partial charge in [-0.2, -0.15) is 0 Å². The van der Waals surface area contributed by atoms with Crippen LogP contribution in [0.2, 0.25) is 10.0 Å². The number of amides is 2. The van der Waals surface area contributed by atoms with Crippen LogP contribution in [0, 0.1) is 5.82 Å². The van der Waals surface area contributed by atoms with E-state index in [0.29, 0.717) is 89.4 Å². The molecular weight excluding hydrogens is 670 g/mol. The molecule has 256 valence electrons. The van der Waals surface area contributed by atoms with Gasteiger partial charge in [0.1, 0.15) is 5.82 Å². The van der Waals surface area contributed by atoms with Crippen LogP contribution in [0.5, 0.6) is 11.8 Å². The van der Waals surface area contributed by atoms with Crippen LogP contribution in [0.25, 0.3) is 33.6 Å². The van der Waals surface area contributed by atoms with Crippen LogP contribution in [0.4, 0.5) is 4.39 Å². The number of benzene rings is 2. The summed E-state index contributed by atoms with van der Waals surface area (Å²) in [5, 5.41) is 13.2. The maximum Gasteiger partial charge on any atom is 0.220 e. The van der Waals surface area contributed by atoms with Crippen LogP contribution in [-0.4, -0.2) is 61.2 Å². The fourth-order valence-corrected chi connectivity index (χ4v) is 6.83. The van der Waals surface area contributed by atoms with Gasteiger partial charge in [0.15, 0.2) is 0 Å². The van der Waals surface area contributed by atoms with E-state index >= 15 is 4.39 Å². The van der Waals surface area contributed by atoms with E-state index in [-0.39, 0.29) is 28.9 Å². The Morgan fingerprint density at radius 3 is 1.73 bits per heavy atom. The van der Waals surface area contributed by atoms with Gasteiger partial charge in [0, 0.05) is 84.5 Å². The minimum atomic E-state index is -0.505. The lowest BCUT2D eigenvalue weighted by atomic mass is 9.97. The number of pyridine rings is 2. The van der Waals surface area contributed by atoms with E-state index in [2.05, 4.69) is 26.3 Å². The molecule has 4 N–H and O–H groups in total. The number of nitrogens with zero attached hydrogens (tertiary/aromatic N) is 2. The largest absolute Gasteiger partial charge is 0.481 e. The maximum absolute atomic E-state index is 15.2. The summed E-state index contributed by atoms with van der Waals surface area (Å²) < 4.78 is 26.4. The Balaban J connectivity index is 1.23. The smallest absolute Gasteiger partial charge is 0.220 e. The van der Waals surface area contributed by atoms with Gasteiger partial charge < -0.3 is 30.7 Å². The number of methoxy groups -OCH3 is 2. The van der Waals surface area contributed by atoms with E-state index in [1.165, 1.54) is 19.2 Å². The summed E-state index contributed by atoms with van der Waals surface area (Å²) in [6.45, 7) is 2.26. The molecule has 2 amide bonds. The zero-order valence-electron chi connectivity index (χ0n) is 27.2. The summed E-state index contributed by atoms with van der Waals surface area (Å²) in [6, 6.07) is 15.7. The molecule has 2 aliphatic heterocycles. The van der Waals surface area contributed by atoms with Crippen molar-refractivity contribution in [1.29, 1.82) is 0 Å². The van der Waals surface area contributed by atoms with Gasteiger partial charge in [-0.25, -0.2) is 14.4 Å². The third-order valence-corrected chi connectivity index (χ3v) is 9.54. The minimum Gasteiger partial charge on any atom is -0.481 e. The highest BCUT2D eigenvalue weighted by Crippen LogP contribution is 2.43. The molecule has 13 heteroatoms. The van der Waals surface area contributed by atoms with Gasteiger partial charge in [0.2, 0.25) is 23.6 Å². The van der Waals surface area contributed by atoms with E-state index in [1.54, 1.807) is 19.2 Å². The van der Waals surface area contributed by atoms with Crippen molar-refractivity contribution in [2.75, 3.05) is 27.3 Å². The monoisotopic (exact) mass is 706 g/mol. The van der Waals surface area contributed by atoms with Gasteiger partial charge in [-0.05, 0) is 37.1 Å². The molecule has 4 aromatic rings. The molecule has 2 aromatic carbocycles. The van der Waals surface area contributed by atoms with Crippen LogP contribution < -0.4 is 30.7 Å². The summed E-state index contributed by atoms with van der Waals surface area (Å²) >= 11 is 14.0. The number of ether oxygens (including phenoxy) is 2. The number of carbonyl (C=O) groups excluding carboxylic acids is 2.